The van der Waals surface area contributed by atoms with E-state index in [4.69, 9.17) is 9.84 Å². The van der Waals surface area contributed by atoms with Crippen LogP contribution in [0.4, 0.5) is 0 Å². The van der Waals surface area contributed by atoms with Gasteiger partial charge in [0.05, 0.1) is 12.2 Å². The van der Waals surface area contributed by atoms with Crippen LogP contribution in [-0.2, 0) is 9.53 Å². The molecule has 0 aromatic rings. The van der Waals surface area contributed by atoms with Gasteiger partial charge in [0.1, 0.15) is 0 Å². The van der Waals surface area contributed by atoms with E-state index >= 15 is 0 Å². The fourth-order valence-corrected chi connectivity index (χ4v) is 1.81. The first-order chi connectivity index (χ1) is 7.11. The summed E-state index contributed by atoms with van der Waals surface area (Å²) in [6.07, 6.45) is 2.46. The average molecular weight is 215 g/mol. The zero-order chi connectivity index (χ0) is 11.3. The van der Waals surface area contributed by atoms with Crippen LogP contribution in [0, 0.1) is 5.92 Å². The molecule has 1 aliphatic carbocycles. The Morgan fingerprint density at radius 1 is 1.60 bits per heavy atom. The highest BCUT2D eigenvalue weighted by Crippen LogP contribution is 2.32. The largest absolute Gasteiger partial charge is 0.392 e. The maximum Gasteiger partial charge on any atom is 0.220 e. The highest BCUT2D eigenvalue weighted by atomic mass is 16.5. The first-order valence-electron chi connectivity index (χ1n) is 5.68. The van der Waals surface area contributed by atoms with Gasteiger partial charge in [0, 0.05) is 19.6 Å². The summed E-state index contributed by atoms with van der Waals surface area (Å²) >= 11 is 0. The van der Waals surface area contributed by atoms with Crippen LogP contribution >= 0.6 is 0 Å². The van der Waals surface area contributed by atoms with Gasteiger partial charge in [0.2, 0.25) is 5.91 Å². The third-order valence-corrected chi connectivity index (χ3v) is 2.66. The zero-order valence-electron chi connectivity index (χ0n) is 9.53. The van der Waals surface area contributed by atoms with Crippen molar-refractivity contribution < 1.29 is 14.6 Å². The van der Waals surface area contributed by atoms with Gasteiger partial charge in [-0.2, -0.15) is 0 Å². The molecule has 4 nitrogen and oxygen atoms in total. The quantitative estimate of drug-likeness (QED) is 0.685. The van der Waals surface area contributed by atoms with Crippen molar-refractivity contribution in [1.29, 1.82) is 0 Å². The van der Waals surface area contributed by atoms with Gasteiger partial charge in [-0.3, -0.25) is 4.79 Å². The SMILES string of the molecule is CCOC1CC(CC(=O)NC[C@@H](C)O)C1. The first kappa shape index (κ1) is 12.5. The molecule has 0 aromatic heterocycles. The third-order valence-electron chi connectivity index (χ3n) is 2.66. The highest BCUT2D eigenvalue weighted by Gasteiger charge is 2.30. The second kappa shape index (κ2) is 6.08. The molecule has 1 aliphatic rings. The number of hydrogen-bond donors (Lipinski definition) is 2. The lowest BCUT2D eigenvalue weighted by Gasteiger charge is -2.34. The van der Waals surface area contributed by atoms with Gasteiger partial charge in [-0.05, 0) is 32.6 Å². The van der Waals surface area contributed by atoms with Crippen LogP contribution < -0.4 is 5.32 Å². The van der Waals surface area contributed by atoms with E-state index in [0.29, 0.717) is 25.0 Å². The Morgan fingerprint density at radius 2 is 2.27 bits per heavy atom. The van der Waals surface area contributed by atoms with Crippen molar-refractivity contribution in [2.45, 2.75) is 45.3 Å². The summed E-state index contributed by atoms with van der Waals surface area (Å²) in [5, 5.41) is 11.7. The van der Waals surface area contributed by atoms with Crippen molar-refractivity contribution in [3.05, 3.63) is 0 Å². The summed E-state index contributed by atoms with van der Waals surface area (Å²) in [7, 11) is 0. The Bertz CT molecular complexity index is 200. The number of hydrogen-bond acceptors (Lipinski definition) is 3. The first-order valence-corrected chi connectivity index (χ1v) is 5.68. The van der Waals surface area contributed by atoms with Crippen LogP contribution in [0.15, 0.2) is 0 Å². The van der Waals surface area contributed by atoms with Crippen LogP contribution in [-0.4, -0.2) is 36.4 Å². The molecule has 1 atom stereocenters. The van der Waals surface area contributed by atoms with E-state index < -0.39 is 6.10 Å². The van der Waals surface area contributed by atoms with E-state index in [1.807, 2.05) is 6.92 Å². The van der Waals surface area contributed by atoms with Crippen molar-refractivity contribution >= 4 is 5.91 Å². The van der Waals surface area contributed by atoms with Crippen molar-refractivity contribution in [3.8, 4) is 0 Å². The maximum atomic E-state index is 11.4. The summed E-state index contributed by atoms with van der Waals surface area (Å²) in [5.74, 6) is 0.506. The summed E-state index contributed by atoms with van der Waals surface area (Å²) in [4.78, 5) is 11.4. The number of aliphatic hydroxyl groups is 1. The number of nitrogens with one attached hydrogen (secondary N) is 1. The average Bonchev–Trinajstić information content (AvgIpc) is 2.11. The van der Waals surface area contributed by atoms with E-state index in [1.165, 1.54) is 0 Å². The van der Waals surface area contributed by atoms with E-state index in [9.17, 15) is 4.79 Å². The monoisotopic (exact) mass is 215 g/mol. The van der Waals surface area contributed by atoms with E-state index in [0.717, 1.165) is 19.4 Å². The van der Waals surface area contributed by atoms with Crippen LogP contribution in [0.5, 0.6) is 0 Å². The molecule has 1 fully saturated rings. The lowest BCUT2D eigenvalue weighted by molar-refractivity contribution is -0.124. The minimum atomic E-state index is -0.466. The second-order valence-electron chi connectivity index (χ2n) is 4.27. The molecule has 0 radical (unpaired) electrons. The zero-order valence-corrected chi connectivity index (χ0v) is 9.53. The van der Waals surface area contributed by atoms with Crippen molar-refractivity contribution in [1.82, 2.24) is 5.32 Å². The van der Waals surface area contributed by atoms with E-state index in [-0.39, 0.29) is 5.91 Å². The Labute approximate surface area is 91.0 Å². The fourth-order valence-electron chi connectivity index (χ4n) is 1.81. The minimum absolute atomic E-state index is 0.0378. The number of carbonyl (C=O) groups is 1. The van der Waals surface area contributed by atoms with Crippen LogP contribution in [0.2, 0.25) is 0 Å². The molecule has 0 bridgehead atoms. The Morgan fingerprint density at radius 3 is 2.80 bits per heavy atom. The fraction of sp³-hybridized carbons (Fsp3) is 0.909. The molecule has 4 heteroatoms. The molecule has 1 amide bonds. The number of rotatable bonds is 6. The molecule has 0 unspecified atom stereocenters. The summed E-state index contributed by atoms with van der Waals surface area (Å²) in [5.41, 5.74) is 0. The van der Waals surface area contributed by atoms with Gasteiger partial charge < -0.3 is 15.2 Å². The predicted octanol–water partition coefficient (Wildman–Crippen LogP) is 0.689. The highest BCUT2D eigenvalue weighted by molar-refractivity contribution is 5.76. The predicted molar refractivity (Wildman–Crippen MR) is 57.4 cm³/mol. The van der Waals surface area contributed by atoms with E-state index in [2.05, 4.69) is 5.32 Å². The van der Waals surface area contributed by atoms with Gasteiger partial charge in [-0.1, -0.05) is 0 Å². The number of ether oxygens (including phenoxy) is 1. The molecule has 15 heavy (non-hydrogen) atoms. The summed E-state index contributed by atoms with van der Waals surface area (Å²) in [6, 6.07) is 0. The van der Waals surface area contributed by atoms with Crippen LogP contribution in [0.3, 0.4) is 0 Å². The normalized spacial score (nSPS) is 26.9. The standard InChI is InChI=1S/C11H21NO3/c1-3-15-10-4-9(5-10)6-11(14)12-7-8(2)13/h8-10,13H,3-7H2,1-2H3,(H,12,14)/t8-,9?,10?/m1/s1. The molecule has 0 aromatic carbocycles. The number of amides is 1. The molecule has 88 valence electrons. The Balaban J connectivity index is 2.03. The van der Waals surface area contributed by atoms with Gasteiger partial charge in [0.25, 0.3) is 0 Å². The molecule has 1 saturated carbocycles. The molecule has 1 rings (SSSR count). The Kier molecular flexibility index (Phi) is 5.05. The smallest absolute Gasteiger partial charge is 0.220 e. The minimum Gasteiger partial charge on any atom is -0.392 e. The van der Waals surface area contributed by atoms with Crippen LogP contribution in [0.1, 0.15) is 33.1 Å². The van der Waals surface area contributed by atoms with E-state index in [1.54, 1.807) is 6.92 Å². The second-order valence-corrected chi connectivity index (χ2v) is 4.27. The van der Waals surface area contributed by atoms with Crippen molar-refractivity contribution in [3.63, 3.8) is 0 Å². The number of carbonyl (C=O) groups excluding carboxylic acids is 1. The Hall–Kier alpha value is -0.610. The van der Waals surface area contributed by atoms with Crippen molar-refractivity contribution in [2.75, 3.05) is 13.2 Å². The van der Waals surface area contributed by atoms with Gasteiger partial charge >= 0.3 is 0 Å². The molecule has 0 heterocycles. The van der Waals surface area contributed by atoms with Gasteiger partial charge in [-0.15, -0.1) is 0 Å². The molecular formula is C11H21NO3. The summed E-state index contributed by atoms with van der Waals surface area (Å²) in [6.45, 7) is 4.75. The maximum absolute atomic E-state index is 11.4. The lowest BCUT2D eigenvalue weighted by atomic mass is 9.80. The third kappa shape index (κ3) is 4.62. The number of aliphatic hydroxyl groups excluding tert-OH is 1. The van der Waals surface area contributed by atoms with Crippen LogP contribution in [0.25, 0.3) is 0 Å². The van der Waals surface area contributed by atoms with Gasteiger partial charge in [-0.25, -0.2) is 0 Å². The molecule has 0 saturated heterocycles. The summed E-state index contributed by atoms with van der Waals surface area (Å²) < 4.78 is 5.42. The molecule has 2 N–H and O–H groups in total. The molecule has 0 spiro atoms. The molecule has 0 aliphatic heterocycles. The topological polar surface area (TPSA) is 58.6 Å². The lowest BCUT2D eigenvalue weighted by Crippen LogP contribution is -2.37. The van der Waals surface area contributed by atoms with Gasteiger partial charge in [0.15, 0.2) is 0 Å². The van der Waals surface area contributed by atoms with Crippen molar-refractivity contribution in [2.24, 2.45) is 5.92 Å². The molecular weight excluding hydrogens is 194 g/mol.